The summed E-state index contributed by atoms with van der Waals surface area (Å²) in [4.78, 5) is 10.3. The first-order chi connectivity index (χ1) is 22.2. The summed E-state index contributed by atoms with van der Waals surface area (Å²) in [7, 11) is 0. The maximum Gasteiger partial charge on any atom is 0.161 e. The number of furan rings is 1. The fourth-order valence-corrected chi connectivity index (χ4v) is 5.90. The van der Waals surface area contributed by atoms with Gasteiger partial charge >= 0.3 is 0 Å². The van der Waals surface area contributed by atoms with E-state index in [1.807, 2.05) is 72.8 Å². The lowest BCUT2D eigenvalue weighted by atomic mass is 9.97. The fourth-order valence-electron chi connectivity index (χ4n) is 5.90. The second-order valence-corrected chi connectivity index (χ2v) is 11.0. The van der Waals surface area contributed by atoms with Crippen LogP contribution in [0.2, 0.25) is 0 Å². The number of nitriles is 1. The van der Waals surface area contributed by atoms with Crippen LogP contribution in [0.3, 0.4) is 0 Å². The number of para-hydroxylation sites is 1. The van der Waals surface area contributed by atoms with Crippen molar-refractivity contribution in [2.45, 2.75) is 0 Å². The van der Waals surface area contributed by atoms with E-state index in [1.165, 1.54) is 0 Å². The molecule has 0 aliphatic rings. The largest absolute Gasteiger partial charge is 0.456 e. The normalized spacial score (nSPS) is 11.1. The zero-order valence-electron chi connectivity index (χ0n) is 24.2. The van der Waals surface area contributed by atoms with Gasteiger partial charge < -0.3 is 4.42 Å². The molecule has 0 spiro atoms. The van der Waals surface area contributed by atoms with Gasteiger partial charge in [-0.25, -0.2) is 9.97 Å². The number of nitrogens with zero attached hydrogens (tertiary/aromatic N) is 3. The van der Waals surface area contributed by atoms with Gasteiger partial charge in [-0.05, 0) is 58.7 Å². The average molecular weight is 576 g/mol. The van der Waals surface area contributed by atoms with Gasteiger partial charge in [0.1, 0.15) is 11.2 Å². The molecule has 6 aromatic carbocycles. The third kappa shape index (κ3) is 4.93. The van der Waals surface area contributed by atoms with Crippen molar-refractivity contribution >= 4 is 21.9 Å². The summed E-state index contributed by atoms with van der Waals surface area (Å²) >= 11 is 0. The summed E-state index contributed by atoms with van der Waals surface area (Å²) in [5.74, 6) is 0.657. The maximum absolute atomic E-state index is 9.34. The van der Waals surface area contributed by atoms with E-state index in [0.717, 1.165) is 72.3 Å². The minimum atomic E-state index is 0.642. The van der Waals surface area contributed by atoms with Gasteiger partial charge in [-0.2, -0.15) is 5.26 Å². The Balaban J connectivity index is 1.26. The quantitative estimate of drug-likeness (QED) is 0.205. The second-order valence-electron chi connectivity index (χ2n) is 11.0. The van der Waals surface area contributed by atoms with E-state index in [0.29, 0.717) is 11.4 Å². The highest BCUT2D eigenvalue weighted by Crippen LogP contribution is 2.37. The number of aromatic nitrogens is 2. The van der Waals surface area contributed by atoms with E-state index in [9.17, 15) is 5.26 Å². The summed E-state index contributed by atoms with van der Waals surface area (Å²) in [5.41, 5.74) is 11.2. The Morgan fingerprint density at radius 1 is 0.444 bits per heavy atom. The highest BCUT2D eigenvalue weighted by atomic mass is 16.3. The molecule has 4 heteroatoms. The van der Waals surface area contributed by atoms with Gasteiger partial charge in [-0.3, -0.25) is 0 Å². The van der Waals surface area contributed by atoms with E-state index < -0.39 is 0 Å². The van der Waals surface area contributed by atoms with E-state index in [2.05, 4.69) is 84.9 Å². The third-order valence-electron chi connectivity index (χ3n) is 8.16. The predicted molar refractivity (Wildman–Crippen MR) is 181 cm³/mol. The molecule has 8 rings (SSSR count). The van der Waals surface area contributed by atoms with Gasteiger partial charge in [0, 0.05) is 27.5 Å². The Morgan fingerprint density at radius 2 is 1.07 bits per heavy atom. The SMILES string of the molecule is N#Cc1cccc(-c2ccc(-c3cc(-c4ccccc4)nc(-c4ccccc4-c4ccc5oc6ccccc6c5c4)n3)cc2)c1. The number of rotatable bonds is 5. The van der Waals surface area contributed by atoms with Crippen LogP contribution in [0, 0.1) is 11.3 Å². The molecule has 0 bridgehead atoms. The van der Waals surface area contributed by atoms with Crippen LogP contribution >= 0.6 is 0 Å². The molecule has 0 radical (unpaired) electrons. The van der Waals surface area contributed by atoms with Crippen molar-refractivity contribution < 1.29 is 4.42 Å². The number of hydrogen-bond donors (Lipinski definition) is 0. The van der Waals surface area contributed by atoms with Crippen LogP contribution < -0.4 is 0 Å². The molecular formula is C41H25N3O. The molecule has 0 aliphatic carbocycles. The van der Waals surface area contributed by atoms with Gasteiger partial charge in [0.2, 0.25) is 0 Å². The van der Waals surface area contributed by atoms with Crippen molar-refractivity contribution in [2.24, 2.45) is 0 Å². The predicted octanol–water partition coefficient (Wildman–Crippen LogP) is 10.6. The van der Waals surface area contributed by atoms with E-state index in [4.69, 9.17) is 14.4 Å². The topological polar surface area (TPSA) is 62.7 Å². The molecule has 0 aliphatic heterocycles. The number of fused-ring (bicyclic) bond motifs is 3. The molecular weight excluding hydrogens is 550 g/mol. The molecule has 0 atom stereocenters. The summed E-state index contributed by atoms with van der Waals surface area (Å²) in [6, 6.07) is 53.3. The lowest BCUT2D eigenvalue weighted by Gasteiger charge is -2.13. The summed E-state index contributed by atoms with van der Waals surface area (Å²) in [6.45, 7) is 0. The monoisotopic (exact) mass is 575 g/mol. The molecule has 45 heavy (non-hydrogen) atoms. The van der Waals surface area contributed by atoms with Crippen molar-refractivity contribution in [1.82, 2.24) is 9.97 Å². The number of benzene rings is 6. The molecule has 2 heterocycles. The maximum atomic E-state index is 9.34. The van der Waals surface area contributed by atoms with Gasteiger partial charge in [0.25, 0.3) is 0 Å². The van der Waals surface area contributed by atoms with Crippen molar-refractivity contribution in [3.63, 3.8) is 0 Å². The molecule has 0 unspecified atom stereocenters. The lowest BCUT2D eigenvalue weighted by molar-refractivity contribution is 0.669. The van der Waals surface area contributed by atoms with Crippen LogP contribution in [-0.4, -0.2) is 9.97 Å². The van der Waals surface area contributed by atoms with Crippen molar-refractivity contribution in [2.75, 3.05) is 0 Å². The molecule has 0 saturated heterocycles. The third-order valence-corrected chi connectivity index (χ3v) is 8.16. The van der Waals surface area contributed by atoms with E-state index in [1.54, 1.807) is 0 Å². The van der Waals surface area contributed by atoms with E-state index in [-0.39, 0.29) is 0 Å². The zero-order chi connectivity index (χ0) is 30.2. The molecule has 4 nitrogen and oxygen atoms in total. The average Bonchev–Trinajstić information content (AvgIpc) is 3.50. The first-order valence-corrected chi connectivity index (χ1v) is 14.8. The Labute approximate surface area is 260 Å². The van der Waals surface area contributed by atoms with Crippen LogP contribution in [-0.2, 0) is 0 Å². The van der Waals surface area contributed by atoms with Gasteiger partial charge in [-0.15, -0.1) is 0 Å². The lowest BCUT2D eigenvalue weighted by Crippen LogP contribution is -1.97. The summed E-state index contributed by atoms with van der Waals surface area (Å²) < 4.78 is 6.10. The van der Waals surface area contributed by atoms with Crippen LogP contribution in [0.15, 0.2) is 156 Å². The molecule has 0 fully saturated rings. The van der Waals surface area contributed by atoms with Crippen LogP contribution in [0.25, 0.3) is 78.1 Å². The standard InChI is InChI=1S/C41H25N3O/c42-26-27-9-8-12-31(23-27)28-17-19-30(20-18-28)38-25-37(29-10-2-1-3-11-29)43-41(44-38)35-15-5-4-13-33(35)32-21-22-40-36(24-32)34-14-6-7-16-39(34)45-40/h1-25H. The second kappa shape index (κ2) is 11.1. The van der Waals surface area contributed by atoms with Crippen molar-refractivity contribution in [3.8, 4) is 62.2 Å². The summed E-state index contributed by atoms with van der Waals surface area (Å²) in [6.07, 6.45) is 0. The first-order valence-electron chi connectivity index (χ1n) is 14.8. The highest BCUT2D eigenvalue weighted by molar-refractivity contribution is 6.06. The van der Waals surface area contributed by atoms with Gasteiger partial charge in [-0.1, -0.05) is 115 Å². The minimum absolute atomic E-state index is 0.642. The van der Waals surface area contributed by atoms with Crippen molar-refractivity contribution in [3.05, 3.63) is 157 Å². The van der Waals surface area contributed by atoms with E-state index >= 15 is 0 Å². The van der Waals surface area contributed by atoms with Crippen LogP contribution in [0.5, 0.6) is 0 Å². The summed E-state index contributed by atoms with van der Waals surface area (Å²) in [5, 5.41) is 11.5. The number of hydrogen-bond acceptors (Lipinski definition) is 4. The minimum Gasteiger partial charge on any atom is -0.456 e. The van der Waals surface area contributed by atoms with Gasteiger partial charge in [0.15, 0.2) is 5.82 Å². The van der Waals surface area contributed by atoms with Crippen LogP contribution in [0.4, 0.5) is 0 Å². The molecule has 0 N–H and O–H groups in total. The molecule has 0 amide bonds. The Hall–Kier alpha value is -6.31. The smallest absolute Gasteiger partial charge is 0.161 e. The molecule has 0 saturated carbocycles. The fraction of sp³-hybridized carbons (Fsp3) is 0. The Kier molecular flexibility index (Phi) is 6.48. The first kappa shape index (κ1) is 26.3. The Morgan fingerprint density at radius 3 is 1.87 bits per heavy atom. The molecule has 2 aromatic heterocycles. The Bertz CT molecular complexity index is 2380. The molecule has 210 valence electrons. The van der Waals surface area contributed by atoms with Gasteiger partial charge in [0.05, 0.1) is 23.0 Å². The highest BCUT2D eigenvalue weighted by Gasteiger charge is 2.16. The van der Waals surface area contributed by atoms with Crippen molar-refractivity contribution in [1.29, 1.82) is 5.26 Å². The van der Waals surface area contributed by atoms with Crippen LogP contribution in [0.1, 0.15) is 5.56 Å². The zero-order valence-corrected chi connectivity index (χ0v) is 24.2. The molecule has 8 aromatic rings.